The van der Waals surface area contributed by atoms with Crippen molar-refractivity contribution < 1.29 is 18.3 Å². The summed E-state index contributed by atoms with van der Waals surface area (Å²) in [5.74, 6) is -1.03. The molecule has 19 heavy (non-hydrogen) atoms. The van der Waals surface area contributed by atoms with E-state index in [2.05, 4.69) is 0 Å². The molecule has 1 aromatic rings. The number of phenols is 1. The van der Waals surface area contributed by atoms with Crippen LogP contribution in [0.3, 0.4) is 0 Å². The van der Waals surface area contributed by atoms with Gasteiger partial charge in [0, 0.05) is 5.54 Å². The first kappa shape index (κ1) is 14.2. The second-order valence-electron chi connectivity index (χ2n) is 5.52. The normalized spacial score (nSPS) is 28.3. The topological polar surface area (TPSA) is 46.2 Å². The van der Waals surface area contributed by atoms with Gasteiger partial charge in [-0.15, -0.1) is 0 Å². The first-order valence-electron chi connectivity index (χ1n) is 6.42. The Morgan fingerprint density at radius 2 is 1.68 bits per heavy atom. The van der Waals surface area contributed by atoms with E-state index in [-0.39, 0.29) is 18.6 Å². The average Bonchev–Trinajstić information content (AvgIpc) is 2.31. The van der Waals surface area contributed by atoms with Crippen molar-refractivity contribution in [3.8, 4) is 5.75 Å². The van der Waals surface area contributed by atoms with Crippen LogP contribution in [0.2, 0.25) is 0 Å². The molecule has 106 valence electrons. The first-order valence-corrected chi connectivity index (χ1v) is 6.42. The van der Waals surface area contributed by atoms with Crippen molar-refractivity contribution in [3.05, 3.63) is 29.8 Å². The molecule has 2 nitrogen and oxygen atoms in total. The second kappa shape index (κ2) is 5.04. The third-order valence-electron chi connectivity index (χ3n) is 3.94. The molecule has 1 aliphatic carbocycles. The van der Waals surface area contributed by atoms with E-state index in [0.29, 0.717) is 19.3 Å². The number of hydrogen-bond donors (Lipinski definition) is 2. The largest absolute Gasteiger partial charge is 0.508 e. The van der Waals surface area contributed by atoms with Crippen molar-refractivity contribution >= 4 is 0 Å². The van der Waals surface area contributed by atoms with E-state index >= 15 is 0 Å². The van der Waals surface area contributed by atoms with Crippen LogP contribution in [-0.2, 0) is 6.42 Å². The minimum absolute atomic E-state index is 0.109. The maximum absolute atomic E-state index is 12.6. The van der Waals surface area contributed by atoms with Crippen LogP contribution in [0.4, 0.5) is 13.2 Å². The third-order valence-corrected chi connectivity index (χ3v) is 3.94. The summed E-state index contributed by atoms with van der Waals surface area (Å²) in [5, 5.41) is 9.19. The van der Waals surface area contributed by atoms with Crippen LogP contribution in [0.1, 0.15) is 31.2 Å². The summed E-state index contributed by atoms with van der Waals surface area (Å²) in [7, 11) is 0. The van der Waals surface area contributed by atoms with Crippen LogP contribution >= 0.6 is 0 Å². The van der Waals surface area contributed by atoms with Gasteiger partial charge in [-0.05, 0) is 49.8 Å². The number of aromatic hydroxyl groups is 1. The Bertz CT molecular complexity index is 419. The lowest BCUT2D eigenvalue weighted by atomic mass is 9.74. The summed E-state index contributed by atoms with van der Waals surface area (Å²) < 4.78 is 37.8. The zero-order chi connectivity index (χ0) is 14.1. The van der Waals surface area contributed by atoms with Gasteiger partial charge >= 0.3 is 6.18 Å². The standard InChI is InChI=1S/C14H18F3NO/c15-14(16,17)11-5-7-13(18,8-6-11)9-10-1-3-12(19)4-2-10/h1-4,11,19H,5-9,18H2. The molecular formula is C14H18F3NO. The molecule has 0 heterocycles. The fourth-order valence-electron chi connectivity index (χ4n) is 2.72. The number of rotatable bonds is 2. The number of alkyl halides is 3. The van der Waals surface area contributed by atoms with E-state index in [1.807, 2.05) is 0 Å². The van der Waals surface area contributed by atoms with Gasteiger partial charge in [0.1, 0.15) is 5.75 Å². The molecule has 1 saturated carbocycles. The maximum Gasteiger partial charge on any atom is 0.391 e. The van der Waals surface area contributed by atoms with E-state index in [1.165, 1.54) is 0 Å². The molecule has 0 amide bonds. The van der Waals surface area contributed by atoms with E-state index in [4.69, 9.17) is 5.73 Å². The van der Waals surface area contributed by atoms with Crippen LogP contribution in [0.25, 0.3) is 0 Å². The smallest absolute Gasteiger partial charge is 0.391 e. The fourth-order valence-corrected chi connectivity index (χ4v) is 2.72. The number of hydrogen-bond acceptors (Lipinski definition) is 2. The first-order chi connectivity index (χ1) is 8.78. The lowest BCUT2D eigenvalue weighted by Gasteiger charge is -2.38. The third kappa shape index (κ3) is 3.62. The van der Waals surface area contributed by atoms with Gasteiger partial charge in [-0.25, -0.2) is 0 Å². The molecular weight excluding hydrogens is 255 g/mol. The molecule has 0 spiro atoms. The number of halogens is 3. The lowest BCUT2D eigenvalue weighted by molar-refractivity contribution is -0.184. The van der Waals surface area contributed by atoms with Gasteiger partial charge in [-0.2, -0.15) is 13.2 Å². The Morgan fingerprint density at radius 1 is 1.16 bits per heavy atom. The summed E-state index contributed by atoms with van der Waals surface area (Å²) in [6, 6.07) is 6.67. The van der Waals surface area contributed by atoms with E-state index in [1.54, 1.807) is 24.3 Å². The van der Waals surface area contributed by atoms with Gasteiger partial charge < -0.3 is 10.8 Å². The maximum atomic E-state index is 12.6. The Balaban J connectivity index is 1.96. The van der Waals surface area contributed by atoms with Gasteiger partial charge in [-0.3, -0.25) is 0 Å². The Hall–Kier alpha value is -1.23. The van der Waals surface area contributed by atoms with E-state index < -0.39 is 17.6 Å². The van der Waals surface area contributed by atoms with Crippen molar-refractivity contribution in [1.29, 1.82) is 0 Å². The lowest BCUT2D eigenvalue weighted by Crippen LogP contribution is -2.47. The van der Waals surface area contributed by atoms with Gasteiger partial charge in [0.2, 0.25) is 0 Å². The Labute approximate surface area is 110 Å². The number of phenolic OH excluding ortho intramolecular Hbond substituents is 1. The molecule has 1 aliphatic rings. The summed E-state index contributed by atoms with van der Waals surface area (Å²) in [5.41, 5.74) is 6.60. The molecule has 0 atom stereocenters. The van der Waals surface area contributed by atoms with Crippen LogP contribution in [-0.4, -0.2) is 16.8 Å². The average molecular weight is 273 g/mol. The molecule has 0 radical (unpaired) electrons. The van der Waals surface area contributed by atoms with Crippen molar-refractivity contribution in [2.24, 2.45) is 11.7 Å². The molecule has 0 aromatic heterocycles. The summed E-state index contributed by atoms with van der Waals surface area (Å²) in [6.45, 7) is 0. The predicted molar refractivity (Wildman–Crippen MR) is 66.7 cm³/mol. The summed E-state index contributed by atoms with van der Waals surface area (Å²) in [6.07, 6.45) is -2.55. The molecule has 1 aromatic carbocycles. The molecule has 5 heteroatoms. The quantitative estimate of drug-likeness (QED) is 0.867. The zero-order valence-corrected chi connectivity index (χ0v) is 10.6. The van der Waals surface area contributed by atoms with Crippen LogP contribution in [0, 0.1) is 5.92 Å². The molecule has 2 rings (SSSR count). The van der Waals surface area contributed by atoms with Gasteiger partial charge in [0.25, 0.3) is 0 Å². The predicted octanol–water partition coefficient (Wildman–Crippen LogP) is 3.38. The minimum Gasteiger partial charge on any atom is -0.508 e. The Kier molecular flexibility index (Phi) is 3.76. The highest BCUT2D eigenvalue weighted by atomic mass is 19.4. The van der Waals surface area contributed by atoms with Gasteiger partial charge in [-0.1, -0.05) is 12.1 Å². The van der Waals surface area contributed by atoms with Gasteiger partial charge in [0.15, 0.2) is 0 Å². The highest BCUT2D eigenvalue weighted by molar-refractivity contribution is 5.27. The van der Waals surface area contributed by atoms with Crippen LogP contribution < -0.4 is 5.73 Å². The molecule has 0 unspecified atom stereocenters. The number of benzene rings is 1. The zero-order valence-electron chi connectivity index (χ0n) is 10.6. The van der Waals surface area contributed by atoms with Crippen LogP contribution in [0.5, 0.6) is 5.75 Å². The van der Waals surface area contributed by atoms with E-state index in [0.717, 1.165) is 5.56 Å². The van der Waals surface area contributed by atoms with E-state index in [9.17, 15) is 18.3 Å². The minimum atomic E-state index is -4.10. The summed E-state index contributed by atoms with van der Waals surface area (Å²) >= 11 is 0. The molecule has 0 bridgehead atoms. The molecule has 1 fully saturated rings. The Morgan fingerprint density at radius 3 is 2.16 bits per heavy atom. The van der Waals surface area contributed by atoms with Gasteiger partial charge in [0.05, 0.1) is 5.92 Å². The highest BCUT2D eigenvalue weighted by Crippen LogP contribution is 2.41. The fraction of sp³-hybridized carbons (Fsp3) is 0.571. The van der Waals surface area contributed by atoms with Crippen molar-refractivity contribution in [2.45, 2.75) is 43.8 Å². The van der Waals surface area contributed by atoms with Crippen LogP contribution in [0.15, 0.2) is 24.3 Å². The molecule has 0 aliphatic heterocycles. The van der Waals surface area contributed by atoms with Crippen molar-refractivity contribution in [3.63, 3.8) is 0 Å². The molecule has 3 N–H and O–H groups in total. The second-order valence-corrected chi connectivity index (χ2v) is 5.52. The van der Waals surface area contributed by atoms with Crippen molar-refractivity contribution in [2.75, 3.05) is 0 Å². The van der Waals surface area contributed by atoms with Crippen molar-refractivity contribution in [1.82, 2.24) is 0 Å². The number of nitrogens with two attached hydrogens (primary N) is 1. The SMILES string of the molecule is NC1(Cc2ccc(O)cc2)CCC(C(F)(F)F)CC1. The molecule has 0 saturated heterocycles. The monoisotopic (exact) mass is 273 g/mol. The highest BCUT2D eigenvalue weighted by Gasteiger charge is 2.44. The summed E-state index contributed by atoms with van der Waals surface area (Å²) in [4.78, 5) is 0.